The maximum absolute atomic E-state index is 14.0. The Bertz CT molecular complexity index is 1640. The minimum Gasteiger partial charge on any atom is -0.395 e. The Kier molecular flexibility index (Phi) is 9.33. The van der Waals surface area contributed by atoms with Crippen molar-refractivity contribution in [2.45, 2.75) is 25.5 Å². The molecule has 0 fully saturated rings. The van der Waals surface area contributed by atoms with Crippen LogP contribution in [0.5, 0.6) is 0 Å². The third kappa shape index (κ3) is 6.32. The predicted octanol–water partition coefficient (Wildman–Crippen LogP) is 5.41. The molecule has 0 unspecified atom stereocenters. The summed E-state index contributed by atoms with van der Waals surface area (Å²) in [6.07, 6.45) is 3.35. The highest BCUT2D eigenvalue weighted by atomic mass is 16.3. The van der Waals surface area contributed by atoms with Crippen molar-refractivity contribution in [1.82, 2.24) is 4.90 Å². The fourth-order valence-corrected chi connectivity index (χ4v) is 5.43. The molecule has 0 spiro atoms. The number of hydrogen-bond acceptors (Lipinski definition) is 5. The molecule has 0 aromatic heterocycles. The fraction of sp³-hybridized carbons (Fsp3) is 0.194. The van der Waals surface area contributed by atoms with Gasteiger partial charge >= 0.3 is 0 Å². The number of anilines is 3. The Balaban J connectivity index is 1.41. The highest BCUT2D eigenvalue weighted by Crippen LogP contribution is 2.49. The van der Waals surface area contributed by atoms with Crippen LogP contribution in [-0.2, 0) is 21.7 Å². The predicted molar refractivity (Wildman–Crippen MR) is 170 cm³/mol. The van der Waals surface area contributed by atoms with Crippen molar-refractivity contribution in [3.63, 3.8) is 0 Å². The van der Waals surface area contributed by atoms with Gasteiger partial charge in [-0.1, -0.05) is 85.8 Å². The van der Waals surface area contributed by atoms with Crippen LogP contribution in [0.2, 0.25) is 0 Å². The van der Waals surface area contributed by atoms with Gasteiger partial charge in [-0.25, -0.2) is 0 Å². The van der Waals surface area contributed by atoms with E-state index in [9.17, 15) is 24.6 Å². The molecule has 1 heterocycles. The number of nitrogens with zero attached hydrogens (tertiary/aromatic N) is 2. The van der Waals surface area contributed by atoms with Gasteiger partial charge in [0.05, 0.1) is 12.3 Å². The normalized spacial score (nSPS) is 16.5. The number of amides is 3. The average Bonchev–Trinajstić information content (AvgIpc) is 3.28. The van der Waals surface area contributed by atoms with Crippen LogP contribution >= 0.6 is 0 Å². The molecule has 4 aromatic rings. The maximum atomic E-state index is 14.0. The van der Waals surface area contributed by atoms with E-state index in [1.807, 2.05) is 54.6 Å². The molecule has 8 nitrogen and oxygen atoms in total. The molecule has 1 aliphatic rings. The van der Waals surface area contributed by atoms with Crippen LogP contribution in [0.4, 0.5) is 17.1 Å². The molecular weight excluding hydrogens is 554 g/mol. The van der Waals surface area contributed by atoms with Gasteiger partial charge in [-0.2, -0.15) is 0 Å². The molecule has 0 bridgehead atoms. The molecule has 8 heteroatoms. The Morgan fingerprint density at radius 2 is 1.57 bits per heavy atom. The quantitative estimate of drug-likeness (QED) is 0.203. The van der Waals surface area contributed by atoms with E-state index in [0.29, 0.717) is 34.7 Å². The van der Waals surface area contributed by atoms with E-state index in [0.717, 1.165) is 5.56 Å². The van der Waals surface area contributed by atoms with Gasteiger partial charge < -0.3 is 20.4 Å². The largest absolute Gasteiger partial charge is 0.395 e. The molecule has 1 aliphatic heterocycles. The topological polar surface area (TPSA) is 110 Å². The summed E-state index contributed by atoms with van der Waals surface area (Å²) < 4.78 is 0. The van der Waals surface area contributed by atoms with E-state index in [1.165, 1.54) is 4.90 Å². The zero-order valence-corrected chi connectivity index (χ0v) is 24.5. The lowest BCUT2D eigenvalue weighted by Gasteiger charge is -2.28. The molecule has 2 atom stereocenters. The standard InChI is InChI=1S/C36H35N3O5/c1-26(12-11-19-33(41)38(22-23-40)25-27-13-5-2-6-14-27)36(44)31-24-29(37-34(42)28-15-7-3-8-16-28)20-21-32(31)39(35(36)43)30-17-9-4-10-18-30/h2-18,20-21,24,26,40,44H,19,22-23,25H2,1H3,(H,37,42)/b12-11+/t26-,36+/m1/s1. The fourth-order valence-electron chi connectivity index (χ4n) is 5.43. The summed E-state index contributed by atoms with van der Waals surface area (Å²) in [6.45, 7) is 2.11. The van der Waals surface area contributed by atoms with Crippen molar-refractivity contribution < 1.29 is 24.6 Å². The number of benzene rings is 4. The molecule has 3 amide bonds. The SMILES string of the molecule is C[C@H](/C=C/CC(=O)N(CCO)Cc1ccccc1)[C@@]1(O)C(=O)N(c2ccccc2)c2ccc(NC(=O)c3ccccc3)cc21. The Morgan fingerprint density at radius 1 is 0.932 bits per heavy atom. The van der Waals surface area contributed by atoms with Crippen LogP contribution in [0.15, 0.2) is 121 Å². The van der Waals surface area contributed by atoms with Crippen LogP contribution in [0.3, 0.4) is 0 Å². The summed E-state index contributed by atoms with van der Waals surface area (Å²) in [5.41, 5.74) is 1.36. The van der Waals surface area contributed by atoms with Crippen molar-refractivity contribution in [3.8, 4) is 0 Å². The van der Waals surface area contributed by atoms with Crippen LogP contribution < -0.4 is 10.2 Å². The lowest BCUT2D eigenvalue weighted by molar-refractivity contribution is -0.138. The highest BCUT2D eigenvalue weighted by molar-refractivity contribution is 6.13. The molecule has 0 aliphatic carbocycles. The monoisotopic (exact) mass is 589 g/mol. The molecule has 44 heavy (non-hydrogen) atoms. The van der Waals surface area contributed by atoms with E-state index >= 15 is 0 Å². The Hall–Kier alpha value is -5.05. The van der Waals surface area contributed by atoms with Crippen LogP contribution in [-0.4, -0.2) is 46.0 Å². The second kappa shape index (κ2) is 13.5. The van der Waals surface area contributed by atoms with Crippen molar-refractivity contribution in [3.05, 3.63) is 138 Å². The zero-order chi connectivity index (χ0) is 31.1. The summed E-state index contributed by atoms with van der Waals surface area (Å²) in [5.74, 6) is -1.75. The molecular formula is C36H35N3O5. The lowest BCUT2D eigenvalue weighted by atomic mass is 9.82. The van der Waals surface area contributed by atoms with Gasteiger partial charge in [-0.15, -0.1) is 0 Å². The molecule has 0 radical (unpaired) electrons. The highest BCUT2D eigenvalue weighted by Gasteiger charge is 2.53. The van der Waals surface area contributed by atoms with E-state index in [1.54, 1.807) is 78.6 Å². The average molecular weight is 590 g/mol. The first-order valence-corrected chi connectivity index (χ1v) is 14.5. The van der Waals surface area contributed by atoms with Gasteiger partial charge in [0.25, 0.3) is 11.8 Å². The first-order valence-electron chi connectivity index (χ1n) is 14.5. The van der Waals surface area contributed by atoms with Crippen molar-refractivity contribution in [2.75, 3.05) is 23.4 Å². The van der Waals surface area contributed by atoms with Crippen molar-refractivity contribution in [1.29, 1.82) is 0 Å². The molecule has 4 aromatic carbocycles. The van der Waals surface area contributed by atoms with Crippen LogP contribution in [0.1, 0.15) is 34.8 Å². The van der Waals surface area contributed by atoms with Crippen molar-refractivity contribution >= 4 is 34.8 Å². The first kappa shape index (κ1) is 30.4. The summed E-state index contributed by atoms with van der Waals surface area (Å²) >= 11 is 0. The summed E-state index contributed by atoms with van der Waals surface area (Å²) in [7, 11) is 0. The second-order valence-electron chi connectivity index (χ2n) is 10.7. The summed E-state index contributed by atoms with van der Waals surface area (Å²) in [6, 6.07) is 32.4. The lowest BCUT2D eigenvalue weighted by Crippen LogP contribution is -2.42. The minimum atomic E-state index is -1.97. The maximum Gasteiger partial charge on any atom is 0.268 e. The molecule has 0 saturated heterocycles. The van der Waals surface area contributed by atoms with Gasteiger partial charge in [-0.05, 0) is 48.0 Å². The second-order valence-corrected chi connectivity index (χ2v) is 10.7. The third-order valence-electron chi connectivity index (χ3n) is 7.80. The number of rotatable bonds is 11. The van der Waals surface area contributed by atoms with Gasteiger partial charge in [0.15, 0.2) is 5.60 Å². The van der Waals surface area contributed by atoms with E-state index in [2.05, 4.69) is 5.32 Å². The molecule has 3 N–H and O–H groups in total. The summed E-state index contributed by atoms with van der Waals surface area (Å²) in [4.78, 5) is 43.0. The van der Waals surface area contributed by atoms with Crippen LogP contribution in [0, 0.1) is 5.92 Å². The van der Waals surface area contributed by atoms with Gasteiger partial charge in [0, 0.05) is 47.9 Å². The Labute approximate surface area is 256 Å². The van der Waals surface area contributed by atoms with E-state index < -0.39 is 17.4 Å². The number of aliphatic hydroxyl groups is 2. The van der Waals surface area contributed by atoms with Gasteiger partial charge in [0.2, 0.25) is 5.91 Å². The number of nitrogens with one attached hydrogen (secondary N) is 1. The van der Waals surface area contributed by atoms with Crippen molar-refractivity contribution in [2.24, 2.45) is 5.92 Å². The number of hydrogen-bond donors (Lipinski definition) is 3. The molecule has 5 rings (SSSR count). The van der Waals surface area contributed by atoms with Crippen LogP contribution in [0.25, 0.3) is 0 Å². The van der Waals surface area contributed by atoms with Gasteiger partial charge in [0.1, 0.15) is 0 Å². The number of para-hydroxylation sites is 1. The number of fused-ring (bicyclic) bond motifs is 1. The molecule has 224 valence electrons. The first-order chi connectivity index (χ1) is 21.3. The minimum absolute atomic E-state index is 0.0316. The molecule has 0 saturated carbocycles. The number of carbonyl (C=O) groups excluding carboxylic acids is 3. The number of carbonyl (C=O) groups is 3. The zero-order valence-electron chi connectivity index (χ0n) is 24.5. The third-order valence-corrected chi connectivity index (χ3v) is 7.80. The van der Waals surface area contributed by atoms with Gasteiger partial charge in [-0.3, -0.25) is 19.3 Å². The summed E-state index contributed by atoms with van der Waals surface area (Å²) in [5, 5.41) is 24.5. The van der Waals surface area contributed by atoms with E-state index in [-0.39, 0.29) is 31.4 Å². The number of aliphatic hydroxyl groups excluding tert-OH is 1. The van der Waals surface area contributed by atoms with E-state index in [4.69, 9.17) is 0 Å². The Morgan fingerprint density at radius 3 is 2.23 bits per heavy atom. The smallest absolute Gasteiger partial charge is 0.268 e.